The number of esters is 1. The summed E-state index contributed by atoms with van der Waals surface area (Å²) in [4.78, 5) is 23.1. The number of aliphatic hydroxyl groups is 2. The zero-order chi connectivity index (χ0) is 30.2. The Morgan fingerprint density at radius 2 is 1.21 bits per heavy atom. The number of carbonyl (C=O) groups is 2. The molecule has 0 radical (unpaired) electrons. The Hall–Kier alpha value is -1.02. The molecular weight excluding hydrogens is 532 g/mol. The molecule has 3 rings (SSSR count). The molecule has 2 N–H and O–H groups in total. The summed E-state index contributed by atoms with van der Waals surface area (Å²) in [6, 6.07) is 0. The predicted molar refractivity (Wildman–Crippen MR) is 165 cm³/mol. The van der Waals surface area contributed by atoms with Gasteiger partial charge < -0.3 is 29.2 Å². The van der Waals surface area contributed by atoms with Crippen molar-refractivity contribution in [2.75, 3.05) is 0 Å². The van der Waals surface area contributed by atoms with Crippen molar-refractivity contribution in [1.29, 1.82) is 0 Å². The van der Waals surface area contributed by atoms with Gasteiger partial charge in [0.1, 0.15) is 11.9 Å². The lowest BCUT2D eigenvalue weighted by molar-refractivity contribution is -0.145. The monoisotopic (exact) mass is 594 g/mol. The van der Waals surface area contributed by atoms with Gasteiger partial charge in [0, 0.05) is 6.42 Å². The van der Waals surface area contributed by atoms with E-state index in [0.29, 0.717) is 12.8 Å². The molecule has 3 fully saturated rings. The van der Waals surface area contributed by atoms with Gasteiger partial charge in [-0.05, 0) is 64.7 Å². The van der Waals surface area contributed by atoms with E-state index in [1.165, 1.54) is 51.9 Å². The van der Waals surface area contributed by atoms with Crippen molar-refractivity contribution < 1.29 is 34.0 Å². The van der Waals surface area contributed by atoms with Crippen LogP contribution in [-0.4, -0.2) is 64.7 Å². The van der Waals surface area contributed by atoms with Gasteiger partial charge in [-0.3, -0.25) is 4.79 Å². The molecule has 3 aliphatic heterocycles. The van der Waals surface area contributed by atoms with Gasteiger partial charge in [-0.2, -0.15) is 0 Å². The Kier molecular flexibility index (Phi) is 17.0. The second-order valence-corrected chi connectivity index (χ2v) is 13.6. The number of cyclic esters (lactones) is 1. The molecule has 7 heteroatoms. The lowest BCUT2D eigenvalue weighted by atomic mass is 9.96. The highest BCUT2D eigenvalue weighted by atomic mass is 16.6. The topological polar surface area (TPSA) is 102 Å². The first kappa shape index (κ1) is 35.5. The molecule has 0 aliphatic carbocycles. The third-order valence-corrected chi connectivity index (χ3v) is 9.77. The standard InChI is InChI=1S/C35H62O7/c1-3-4-5-6-7-8-12-15-18-29(37)31-20-22-33(41-31)34-23-21-32(42-34)30(38)19-16-13-10-9-11-14-17-28-25-27(24-26(2)36)35(39)40-28/h27-34,37-38H,3-25H2,1-2H3/t27-,28-,29-,30-,31-,32-,33-,34-/m1/s1. The summed E-state index contributed by atoms with van der Waals surface area (Å²) in [6.07, 6.45) is 23.1. The summed E-state index contributed by atoms with van der Waals surface area (Å²) in [6.45, 7) is 3.78. The molecule has 8 atom stereocenters. The summed E-state index contributed by atoms with van der Waals surface area (Å²) >= 11 is 0. The fourth-order valence-electron chi connectivity index (χ4n) is 7.20. The minimum atomic E-state index is -0.417. The maximum absolute atomic E-state index is 11.9. The Bertz CT molecular complexity index is 758. The zero-order valence-electron chi connectivity index (χ0n) is 26.8. The molecule has 0 unspecified atom stereocenters. The van der Waals surface area contributed by atoms with E-state index in [1.807, 2.05) is 0 Å². The number of unbranched alkanes of at least 4 members (excludes halogenated alkanes) is 12. The molecule has 3 saturated heterocycles. The van der Waals surface area contributed by atoms with E-state index in [0.717, 1.165) is 89.9 Å². The van der Waals surface area contributed by atoms with E-state index in [2.05, 4.69) is 6.92 Å². The molecule has 244 valence electrons. The lowest BCUT2D eigenvalue weighted by Gasteiger charge is -2.24. The fourth-order valence-corrected chi connectivity index (χ4v) is 7.20. The predicted octanol–water partition coefficient (Wildman–Crippen LogP) is 7.37. The van der Waals surface area contributed by atoms with Crippen LogP contribution >= 0.6 is 0 Å². The average molecular weight is 595 g/mol. The van der Waals surface area contributed by atoms with Crippen molar-refractivity contribution in [1.82, 2.24) is 0 Å². The molecular formula is C35H62O7. The smallest absolute Gasteiger partial charge is 0.309 e. The van der Waals surface area contributed by atoms with Crippen LogP contribution in [-0.2, 0) is 23.8 Å². The first-order chi connectivity index (χ1) is 20.4. The highest BCUT2D eigenvalue weighted by molar-refractivity contribution is 5.83. The molecule has 3 aliphatic rings. The molecule has 0 bridgehead atoms. The lowest BCUT2D eigenvalue weighted by Crippen LogP contribution is -2.33. The van der Waals surface area contributed by atoms with Crippen LogP contribution in [0, 0.1) is 5.92 Å². The van der Waals surface area contributed by atoms with Gasteiger partial charge in [0.2, 0.25) is 0 Å². The van der Waals surface area contributed by atoms with Crippen LogP contribution in [0.4, 0.5) is 0 Å². The first-order valence-corrected chi connectivity index (χ1v) is 17.7. The van der Waals surface area contributed by atoms with Crippen molar-refractivity contribution in [2.45, 2.75) is 204 Å². The SMILES string of the molecule is CCCCCCCCCC[C@@H](O)[C@H]1CC[C@H]([C@H]2CC[C@H]([C@H](O)CCCCCCCC[C@@H]3C[C@@H](CC(C)=O)C(=O)O3)O2)O1. The summed E-state index contributed by atoms with van der Waals surface area (Å²) in [5.41, 5.74) is 0. The summed E-state index contributed by atoms with van der Waals surface area (Å²) < 4.78 is 18.0. The summed E-state index contributed by atoms with van der Waals surface area (Å²) in [5, 5.41) is 21.4. The second kappa shape index (κ2) is 20.1. The van der Waals surface area contributed by atoms with E-state index >= 15 is 0 Å². The van der Waals surface area contributed by atoms with Gasteiger partial charge in [0.25, 0.3) is 0 Å². The number of Topliss-reactive ketones (excluding diaryl/α,β-unsaturated/α-hetero) is 1. The van der Waals surface area contributed by atoms with Crippen molar-refractivity contribution in [2.24, 2.45) is 5.92 Å². The molecule has 0 saturated carbocycles. The van der Waals surface area contributed by atoms with Crippen LogP contribution in [0.1, 0.15) is 162 Å². The maximum atomic E-state index is 11.9. The zero-order valence-corrected chi connectivity index (χ0v) is 26.8. The van der Waals surface area contributed by atoms with Gasteiger partial charge in [-0.25, -0.2) is 0 Å². The number of hydrogen-bond acceptors (Lipinski definition) is 7. The molecule has 0 aromatic rings. The van der Waals surface area contributed by atoms with Gasteiger partial charge in [0.15, 0.2) is 0 Å². The quantitative estimate of drug-likeness (QED) is 0.0941. The largest absolute Gasteiger partial charge is 0.462 e. The normalized spacial score (nSPS) is 29.2. The van der Waals surface area contributed by atoms with Crippen LogP contribution in [0.5, 0.6) is 0 Å². The number of hydrogen-bond donors (Lipinski definition) is 2. The Morgan fingerprint density at radius 1 is 0.738 bits per heavy atom. The van der Waals surface area contributed by atoms with Gasteiger partial charge in [-0.1, -0.05) is 90.4 Å². The number of aliphatic hydroxyl groups excluding tert-OH is 2. The molecule has 3 heterocycles. The van der Waals surface area contributed by atoms with E-state index in [1.54, 1.807) is 0 Å². The highest BCUT2D eigenvalue weighted by Crippen LogP contribution is 2.35. The minimum absolute atomic E-state index is 0.0162. The average Bonchev–Trinajstić information content (AvgIpc) is 3.72. The van der Waals surface area contributed by atoms with E-state index in [9.17, 15) is 19.8 Å². The van der Waals surface area contributed by atoms with Crippen LogP contribution < -0.4 is 0 Å². The fraction of sp³-hybridized carbons (Fsp3) is 0.943. The third kappa shape index (κ3) is 12.9. The Labute approximate surface area is 255 Å². The van der Waals surface area contributed by atoms with E-state index in [4.69, 9.17) is 14.2 Å². The number of ether oxygens (including phenoxy) is 3. The van der Waals surface area contributed by atoms with Gasteiger partial charge in [0.05, 0.1) is 42.5 Å². The molecule has 42 heavy (non-hydrogen) atoms. The van der Waals surface area contributed by atoms with E-state index in [-0.39, 0.29) is 54.3 Å². The maximum Gasteiger partial charge on any atom is 0.309 e. The first-order valence-electron chi connectivity index (χ1n) is 17.7. The molecule has 7 nitrogen and oxygen atoms in total. The number of rotatable bonds is 23. The second-order valence-electron chi connectivity index (χ2n) is 13.6. The van der Waals surface area contributed by atoms with Crippen molar-refractivity contribution in [3.63, 3.8) is 0 Å². The van der Waals surface area contributed by atoms with Crippen molar-refractivity contribution >= 4 is 11.8 Å². The van der Waals surface area contributed by atoms with Gasteiger partial charge >= 0.3 is 5.97 Å². The van der Waals surface area contributed by atoms with Crippen LogP contribution in [0.3, 0.4) is 0 Å². The van der Waals surface area contributed by atoms with Gasteiger partial charge in [-0.15, -0.1) is 0 Å². The third-order valence-electron chi connectivity index (χ3n) is 9.77. The van der Waals surface area contributed by atoms with Crippen LogP contribution in [0.25, 0.3) is 0 Å². The summed E-state index contributed by atoms with van der Waals surface area (Å²) in [5.74, 6) is -0.379. The summed E-state index contributed by atoms with van der Waals surface area (Å²) in [7, 11) is 0. The molecule has 0 aromatic carbocycles. The Morgan fingerprint density at radius 3 is 1.71 bits per heavy atom. The van der Waals surface area contributed by atoms with Crippen molar-refractivity contribution in [3.05, 3.63) is 0 Å². The van der Waals surface area contributed by atoms with Crippen LogP contribution in [0.2, 0.25) is 0 Å². The number of ketones is 1. The van der Waals surface area contributed by atoms with Crippen molar-refractivity contribution in [3.8, 4) is 0 Å². The van der Waals surface area contributed by atoms with E-state index < -0.39 is 6.10 Å². The Balaban J connectivity index is 1.16. The molecule has 0 spiro atoms. The number of carbonyl (C=O) groups excluding carboxylic acids is 2. The minimum Gasteiger partial charge on any atom is -0.462 e. The highest BCUT2D eigenvalue weighted by Gasteiger charge is 2.40. The molecule has 0 aromatic heterocycles. The van der Waals surface area contributed by atoms with Crippen LogP contribution in [0.15, 0.2) is 0 Å². The molecule has 0 amide bonds.